The zero-order valence-corrected chi connectivity index (χ0v) is 11.1. The van der Waals surface area contributed by atoms with Crippen molar-refractivity contribution >= 4 is 22.9 Å². The van der Waals surface area contributed by atoms with Crippen LogP contribution in [-0.4, -0.2) is 11.1 Å². The average Bonchev–Trinajstić information content (AvgIpc) is 2.93. The van der Waals surface area contributed by atoms with E-state index in [2.05, 4.69) is 16.0 Å². The number of oxazole rings is 1. The molecule has 5 nitrogen and oxygen atoms in total. The lowest BCUT2D eigenvalue weighted by Crippen LogP contribution is -1.79. The van der Waals surface area contributed by atoms with E-state index in [9.17, 15) is 4.79 Å². The number of fused-ring (bicyclic) bond motifs is 1. The summed E-state index contributed by atoms with van der Waals surface area (Å²) in [5.41, 5.74) is 4.03. The second-order valence-corrected chi connectivity index (χ2v) is 4.52. The molecule has 0 amide bonds. The quantitative estimate of drug-likeness (QED) is 0.528. The Morgan fingerprint density at radius 1 is 1.24 bits per heavy atom. The minimum atomic E-state index is 0.463. The van der Waals surface area contributed by atoms with E-state index in [1.807, 2.05) is 6.92 Å². The molecule has 0 fully saturated rings. The van der Waals surface area contributed by atoms with Gasteiger partial charge in [0.15, 0.2) is 5.58 Å². The van der Waals surface area contributed by atoms with Crippen LogP contribution in [0.4, 0.5) is 5.69 Å². The number of rotatable bonds is 2. The molecule has 5 heteroatoms. The molecule has 0 aliphatic carbocycles. The number of benzene rings is 2. The highest BCUT2D eigenvalue weighted by Crippen LogP contribution is 2.28. The lowest BCUT2D eigenvalue weighted by molar-refractivity contribution is 0.565. The van der Waals surface area contributed by atoms with Crippen molar-refractivity contribution in [1.29, 1.82) is 5.26 Å². The van der Waals surface area contributed by atoms with Crippen LogP contribution in [0.15, 0.2) is 45.8 Å². The van der Waals surface area contributed by atoms with E-state index in [-0.39, 0.29) is 0 Å². The SMILES string of the molecule is Cc1cc(C#N)cc2nc(-c3ccc(N=C=O)cc3)oc12. The summed E-state index contributed by atoms with van der Waals surface area (Å²) in [4.78, 5) is 18.1. The molecule has 1 heterocycles. The topological polar surface area (TPSA) is 79.2 Å². The number of hydrogen-bond acceptors (Lipinski definition) is 5. The van der Waals surface area contributed by atoms with Crippen LogP contribution in [-0.2, 0) is 4.79 Å². The van der Waals surface area contributed by atoms with Gasteiger partial charge < -0.3 is 4.42 Å². The van der Waals surface area contributed by atoms with E-state index in [1.54, 1.807) is 36.4 Å². The van der Waals surface area contributed by atoms with Crippen molar-refractivity contribution in [3.8, 4) is 17.5 Å². The van der Waals surface area contributed by atoms with E-state index in [1.165, 1.54) is 6.08 Å². The van der Waals surface area contributed by atoms with Crippen molar-refractivity contribution in [2.45, 2.75) is 6.92 Å². The first kappa shape index (κ1) is 12.8. The fourth-order valence-electron chi connectivity index (χ4n) is 2.12. The molecular formula is C16H9N3O2. The van der Waals surface area contributed by atoms with Crippen LogP contribution in [0, 0.1) is 18.3 Å². The Labute approximate surface area is 120 Å². The molecule has 0 aliphatic heterocycles. The Kier molecular flexibility index (Phi) is 3.07. The maximum absolute atomic E-state index is 10.2. The van der Waals surface area contributed by atoms with Gasteiger partial charge in [-0.3, -0.25) is 0 Å². The van der Waals surface area contributed by atoms with Gasteiger partial charge in [0.05, 0.1) is 17.3 Å². The Balaban J connectivity index is 2.10. The largest absolute Gasteiger partial charge is 0.436 e. The molecule has 0 bridgehead atoms. The van der Waals surface area contributed by atoms with Crippen LogP contribution in [0.5, 0.6) is 0 Å². The molecule has 2 aromatic carbocycles. The highest BCUT2D eigenvalue weighted by molar-refractivity contribution is 5.81. The molecule has 0 saturated carbocycles. The number of aliphatic imine (C=N–C) groups is 1. The second-order valence-electron chi connectivity index (χ2n) is 4.52. The fraction of sp³-hybridized carbons (Fsp3) is 0.0625. The molecule has 0 atom stereocenters. The summed E-state index contributed by atoms with van der Waals surface area (Å²) in [5, 5.41) is 8.98. The van der Waals surface area contributed by atoms with Crippen molar-refractivity contribution in [3.05, 3.63) is 47.5 Å². The van der Waals surface area contributed by atoms with E-state index in [0.29, 0.717) is 28.2 Å². The lowest BCUT2D eigenvalue weighted by Gasteiger charge is -1.95. The molecule has 0 N–H and O–H groups in total. The van der Waals surface area contributed by atoms with Crippen LogP contribution in [0.3, 0.4) is 0 Å². The molecule has 0 radical (unpaired) electrons. The standard InChI is InChI=1S/C16H9N3O2/c1-10-6-11(8-17)7-14-15(10)21-16(19-14)12-2-4-13(5-3-12)18-9-20/h2-7H,1H3. The highest BCUT2D eigenvalue weighted by atomic mass is 16.3. The summed E-state index contributed by atoms with van der Waals surface area (Å²) in [5.74, 6) is 0.463. The van der Waals surface area contributed by atoms with Gasteiger partial charge >= 0.3 is 0 Å². The highest BCUT2D eigenvalue weighted by Gasteiger charge is 2.11. The summed E-state index contributed by atoms with van der Waals surface area (Å²) in [6.45, 7) is 1.88. The molecule has 0 aliphatic rings. The van der Waals surface area contributed by atoms with Crippen LogP contribution < -0.4 is 0 Å². The van der Waals surface area contributed by atoms with Crippen molar-refractivity contribution in [2.24, 2.45) is 4.99 Å². The van der Waals surface area contributed by atoms with Crippen molar-refractivity contribution in [2.75, 3.05) is 0 Å². The summed E-state index contributed by atoms with van der Waals surface area (Å²) in [6, 6.07) is 12.5. The predicted octanol–water partition coefficient (Wildman–Crippen LogP) is 3.64. The van der Waals surface area contributed by atoms with Crippen LogP contribution >= 0.6 is 0 Å². The van der Waals surface area contributed by atoms with Gasteiger partial charge in [-0.15, -0.1) is 0 Å². The van der Waals surface area contributed by atoms with Gasteiger partial charge in [-0.25, -0.2) is 9.78 Å². The first-order valence-corrected chi connectivity index (χ1v) is 6.21. The zero-order chi connectivity index (χ0) is 14.8. The number of carbonyl (C=O) groups excluding carboxylic acids is 1. The normalized spacial score (nSPS) is 10.1. The van der Waals surface area contributed by atoms with Crippen LogP contribution in [0.25, 0.3) is 22.6 Å². The molecule has 100 valence electrons. The third-order valence-corrected chi connectivity index (χ3v) is 3.09. The van der Waals surface area contributed by atoms with Crippen molar-refractivity contribution in [3.63, 3.8) is 0 Å². The molecule has 3 rings (SSSR count). The Morgan fingerprint density at radius 3 is 2.67 bits per heavy atom. The Morgan fingerprint density at radius 2 is 2.00 bits per heavy atom. The number of nitriles is 1. The molecule has 3 aromatic rings. The average molecular weight is 275 g/mol. The molecule has 0 saturated heterocycles. The van der Waals surface area contributed by atoms with E-state index in [0.717, 1.165) is 11.1 Å². The maximum Gasteiger partial charge on any atom is 0.240 e. The van der Waals surface area contributed by atoms with Gasteiger partial charge in [-0.1, -0.05) is 0 Å². The second kappa shape index (κ2) is 5.04. The number of aromatic nitrogens is 1. The molecule has 21 heavy (non-hydrogen) atoms. The van der Waals surface area contributed by atoms with Crippen molar-refractivity contribution in [1.82, 2.24) is 4.98 Å². The van der Waals surface area contributed by atoms with Gasteiger partial charge in [0.1, 0.15) is 5.52 Å². The maximum atomic E-state index is 10.2. The summed E-state index contributed by atoms with van der Waals surface area (Å²) >= 11 is 0. The molecular weight excluding hydrogens is 266 g/mol. The minimum Gasteiger partial charge on any atom is -0.436 e. The van der Waals surface area contributed by atoms with Gasteiger partial charge in [-0.05, 0) is 48.9 Å². The first-order chi connectivity index (χ1) is 10.2. The molecule has 0 spiro atoms. The van der Waals surface area contributed by atoms with Gasteiger partial charge in [0, 0.05) is 5.56 Å². The van der Waals surface area contributed by atoms with E-state index >= 15 is 0 Å². The minimum absolute atomic E-state index is 0.463. The first-order valence-electron chi connectivity index (χ1n) is 6.21. The number of aryl methyl sites for hydroxylation is 1. The third kappa shape index (κ3) is 2.32. The Bertz CT molecular complexity index is 911. The van der Waals surface area contributed by atoms with Crippen molar-refractivity contribution < 1.29 is 9.21 Å². The number of hydrogen-bond donors (Lipinski definition) is 0. The third-order valence-electron chi connectivity index (χ3n) is 3.09. The van der Waals surface area contributed by atoms with Gasteiger partial charge in [0.25, 0.3) is 0 Å². The fourth-order valence-corrected chi connectivity index (χ4v) is 2.12. The molecule has 1 aromatic heterocycles. The van der Waals surface area contributed by atoms with E-state index in [4.69, 9.17) is 9.68 Å². The number of isocyanates is 1. The van der Waals surface area contributed by atoms with E-state index < -0.39 is 0 Å². The summed E-state index contributed by atoms with van der Waals surface area (Å²) < 4.78 is 5.76. The smallest absolute Gasteiger partial charge is 0.240 e. The lowest BCUT2D eigenvalue weighted by atomic mass is 10.1. The number of nitrogens with zero attached hydrogens (tertiary/aromatic N) is 3. The Hall–Kier alpha value is -3.22. The summed E-state index contributed by atoms with van der Waals surface area (Å²) in [7, 11) is 0. The predicted molar refractivity (Wildman–Crippen MR) is 76.7 cm³/mol. The van der Waals surface area contributed by atoms with Crippen LogP contribution in [0.1, 0.15) is 11.1 Å². The van der Waals surface area contributed by atoms with Crippen LogP contribution in [0.2, 0.25) is 0 Å². The zero-order valence-electron chi connectivity index (χ0n) is 11.1. The summed E-state index contributed by atoms with van der Waals surface area (Å²) in [6.07, 6.45) is 1.49. The van der Waals surface area contributed by atoms with Gasteiger partial charge in [-0.2, -0.15) is 10.3 Å². The monoisotopic (exact) mass is 275 g/mol. The molecule has 0 unspecified atom stereocenters. The van der Waals surface area contributed by atoms with Gasteiger partial charge in [0.2, 0.25) is 12.0 Å².